The molecule has 1 heterocycles. The third kappa shape index (κ3) is 2.33. The smallest absolute Gasteiger partial charge is 0.221 e. The highest BCUT2D eigenvalue weighted by atomic mass is 35.5. The van der Waals surface area contributed by atoms with Crippen molar-refractivity contribution in [2.24, 2.45) is 0 Å². The molecule has 2 aromatic rings. The first kappa shape index (κ1) is 12.1. The molecule has 1 aromatic heterocycles. The number of sulfonamides is 1. The van der Waals surface area contributed by atoms with E-state index in [9.17, 15) is 8.42 Å². The van der Waals surface area contributed by atoms with Crippen LogP contribution in [0.5, 0.6) is 0 Å². The maximum Gasteiger partial charge on any atom is 0.257 e. The minimum absolute atomic E-state index is 0.0715. The van der Waals surface area contributed by atoms with Crippen LogP contribution in [0.15, 0.2) is 41.6 Å². The molecule has 0 fully saturated rings. The summed E-state index contributed by atoms with van der Waals surface area (Å²) in [6.45, 7) is 0. The van der Waals surface area contributed by atoms with E-state index in [2.05, 4.69) is 9.82 Å². The van der Waals surface area contributed by atoms with E-state index < -0.39 is 10.0 Å². The first-order valence-corrected chi connectivity index (χ1v) is 6.64. The van der Waals surface area contributed by atoms with Crippen molar-refractivity contribution in [3.8, 4) is 5.69 Å². The summed E-state index contributed by atoms with van der Waals surface area (Å²) in [6, 6.07) is 8.24. The third-order valence-corrected chi connectivity index (χ3v) is 3.84. The second-order valence-electron chi connectivity index (χ2n) is 3.27. The second-order valence-corrected chi connectivity index (χ2v) is 5.54. The van der Waals surface area contributed by atoms with Crippen LogP contribution in [-0.2, 0) is 10.0 Å². The number of benzene rings is 1. The Morgan fingerprint density at radius 2 is 2.12 bits per heavy atom. The molecule has 0 radical (unpaired) electrons. The predicted molar refractivity (Wildman–Crippen MR) is 64.8 cm³/mol. The fourth-order valence-electron chi connectivity index (χ4n) is 1.40. The average molecular weight is 272 g/mol. The number of halogens is 1. The van der Waals surface area contributed by atoms with Crippen molar-refractivity contribution < 1.29 is 8.42 Å². The number of rotatable bonds is 3. The van der Waals surface area contributed by atoms with E-state index in [0.717, 1.165) is 0 Å². The number of hydrogen-bond donors (Lipinski definition) is 1. The summed E-state index contributed by atoms with van der Waals surface area (Å²) in [5.74, 6) is 0. The quantitative estimate of drug-likeness (QED) is 0.919. The highest BCUT2D eigenvalue weighted by Gasteiger charge is 2.18. The van der Waals surface area contributed by atoms with Gasteiger partial charge in [0.25, 0.3) is 10.0 Å². The molecule has 90 valence electrons. The molecule has 0 bridgehead atoms. The van der Waals surface area contributed by atoms with Crippen LogP contribution in [0.3, 0.4) is 0 Å². The Balaban J connectivity index is 2.59. The first-order chi connectivity index (χ1) is 8.04. The van der Waals surface area contributed by atoms with Crippen LogP contribution in [0.1, 0.15) is 0 Å². The Hall–Kier alpha value is -1.37. The average Bonchev–Trinajstić information content (AvgIpc) is 2.78. The fraction of sp³-hybridized carbons (Fsp3) is 0.100. The van der Waals surface area contributed by atoms with E-state index in [1.54, 1.807) is 24.3 Å². The number of nitrogens with one attached hydrogen (secondary N) is 1. The number of hydrogen-bond acceptors (Lipinski definition) is 3. The van der Waals surface area contributed by atoms with Gasteiger partial charge in [0.2, 0.25) is 0 Å². The summed E-state index contributed by atoms with van der Waals surface area (Å²) in [4.78, 5) is 0. The van der Waals surface area contributed by atoms with Crippen LogP contribution < -0.4 is 4.72 Å². The standard InChI is InChI=1S/C10H10ClN3O2S/c1-12-17(15,16)10-5-6-13-14(10)9-4-2-3-8(11)7-9/h2-7,12H,1H3. The molecule has 1 N–H and O–H groups in total. The van der Waals surface area contributed by atoms with E-state index in [-0.39, 0.29) is 5.03 Å². The van der Waals surface area contributed by atoms with Gasteiger partial charge in [-0.1, -0.05) is 17.7 Å². The summed E-state index contributed by atoms with van der Waals surface area (Å²) in [7, 11) is -2.19. The van der Waals surface area contributed by atoms with Crippen molar-refractivity contribution in [2.45, 2.75) is 5.03 Å². The van der Waals surface area contributed by atoms with Gasteiger partial charge < -0.3 is 0 Å². The molecule has 0 saturated carbocycles. The number of nitrogens with zero attached hydrogens (tertiary/aromatic N) is 2. The van der Waals surface area contributed by atoms with Crippen LogP contribution in [-0.4, -0.2) is 25.2 Å². The molecule has 1 aromatic carbocycles. The molecule has 0 atom stereocenters. The van der Waals surface area contributed by atoms with Gasteiger partial charge in [-0.15, -0.1) is 0 Å². The Morgan fingerprint density at radius 1 is 1.35 bits per heavy atom. The molecule has 17 heavy (non-hydrogen) atoms. The molecule has 7 heteroatoms. The van der Waals surface area contributed by atoms with E-state index in [4.69, 9.17) is 11.6 Å². The zero-order chi connectivity index (χ0) is 12.5. The lowest BCUT2D eigenvalue weighted by molar-refractivity contribution is 0.578. The van der Waals surface area contributed by atoms with Crippen LogP contribution in [0.4, 0.5) is 0 Å². The summed E-state index contributed by atoms with van der Waals surface area (Å²) >= 11 is 5.86. The van der Waals surface area contributed by atoms with Gasteiger partial charge in [0.05, 0.1) is 11.9 Å². The van der Waals surface area contributed by atoms with Crippen molar-refractivity contribution in [1.29, 1.82) is 0 Å². The molecular formula is C10H10ClN3O2S. The Bertz CT molecular complexity index is 637. The molecule has 0 saturated heterocycles. The van der Waals surface area contributed by atoms with Crippen LogP contribution in [0.2, 0.25) is 5.02 Å². The topological polar surface area (TPSA) is 64.0 Å². The molecule has 0 unspecified atom stereocenters. The fourth-order valence-corrected chi connectivity index (χ4v) is 2.41. The highest BCUT2D eigenvalue weighted by Crippen LogP contribution is 2.18. The Kier molecular flexibility index (Phi) is 3.19. The zero-order valence-electron chi connectivity index (χ0n) is 8.96. The Labute approximate surface area is 104 Å². The van der Waals surface area contributed by atoms with Gasteiger partial charge in [0.1, 0.15) is 0 Å². The van der Waals surface area contributed by atoms with Crippen LogP contribution in [0, 0.1) is 0 Å². The van der Waals surface area contributed by atoms with Gasteiger partial charge in [-0.25, -0.2) is 17.8 Å². The van der Waals surface area contributed by atoms with E-state index in [1.807, 2.05) is 0 Å². The monoisotopic (exact) mass is 271 g/mol. The normalized spacial score (nSPS) is 11.6. The Morgan fingerprint density at radius 3 is 2.76 bits per heavy atom. The largest absolute Gasteiger partial charge is 0.257 e. The van der Waals surface area contributed by atoms with E-state index >= 15 is 0 Å². The zero-order valence-corrected chi connectivity index (χ0v) is 10.5. The molecule has 0 spiro atoms. The maximum absolute atomic E-state index is 11.7. The van der Waals surface area contributed by atoms with Gasteiger partial charge in [-0.2, -0.15) is 5.10 Å². The maximum atomic E-state index is 11.7. The summed E-state index contributed by atoms with van der Waals surface area (Å²) in [5.41, 5.74) is 0.594. The van der Waals surface area contributed by atoms with Gasteiger partial charge in [-0.3, -0.25) is 0 Å². The minimum atomic E-state index is -3.54. The molecule has 5 nitrogen and oxygen atoms in total. The lowest BCUT2D eigenvalue weighted by Gasteiger charge is -2.07. The predicted octanol–water partition coefficient (Wildman–Crippen LogP) is 1.43. The lowest BCUT2D eigenvalue weighted by atomic mass is 10.3. The van der Waals surface area contributed by atoms with Gasteiger partial charge in [0.15, 0.2) is 5.03 Å². The van der Waals surface area contributed by atoms with Crippen molar-refractivity contribution in [2.75, 3.05) is 7.05 Å². The van der Waals surface area contributed by atoms with Crippen LogP contribution in [0.25, 0.3) is 5.69 Å². The third-order valence-electron chi connectivity index (χ3n) is 2.20. The summed E-state index contributed by atoms with van der Waals surface area (Å²) < 4.78 is 27.0. The van der Waals surface area contributed by atoms with Crippen molar-refractivity contribution in [3.05, 3.63) is 41.6 Å². The molecule has 0 aliphatic rings. The lowest BCUT2D eigenvalue weighted by Crippen LogP contribution is -2.21. The van der Waals surface area contributed by atoms with Crippen molar-refractivity contribution in [3.63, 3.8) is 0 Å². The molecule has 2 rings (SSSR count). The summed E-state index contributed by atoms with van der Waals surface area (Å²) in [5, 5.41) is 4.57. The van der Waals surface area contributed by atoms with Crippen molar-refractivity contribution >= 4 is 21.6 Å². The second kappa shape index (κ2) is 4.48. The van der Waals surface area contributed by atoms with Crippen LogP contribution >= 0.6 is 11.6 Å². The van der Waals surface area contributed by atoms with Gasteiger partial charge in [-0.05, 0) is 31.3 Å². The van der Waals surface area contributed by atoms with E-state index in [0.29, 0.717) is 10.7 Å². The molecular weight excluding hydrogens is 262 g/mol. The molecule has 0 amide bonds. The van der Waals surface area contributed by atoms with Gasteiger partial charge >= 0.3 is 0 Å². The SMILES string of the molecule is CNS(=O)(=O)c1ccnn1-c1cccc(Cl)c1. The minimum Gasteiger partial charge on any atom is -0.221 e. The van der Waals surface area contributed by atoms with Gasteiger partial charge in [0, 0.05) is 5.02 Å². The van der Waals surface area contributed by atoms with E-state index in [1.165, 1.54) is 24.0 Å². The van der Waals surface area contributed by atoms with Crippen molar-refractivity contribution in [1.82, 2.24) is 14.5 Å². The highest BCUT2D eigenvalue weighted by molar-refractivity contribution is 7.89. The number of aromatic nitrogens is 2. The molecule has 0 aliphatic carbocycles. The molecule has 0 aliphatic heterocycles. The summed E-state index contributed by atoms with van der Waals surface area (Å²) in [6.07, 6.45) is 1.42. The first-order valence-electron chi connectivity index (χ1n) is 4.78.